The first-order chi connectivity index (χ1) is 6.84. The van der Waals surface area contributed by atoms with Crippen LogP contribution in [0.15, 0.2) is 30.4 Å². The first-order valence-electron chi connectivity index (χ1n) is 5.18. The lowest BCUT2D eigenvalue weighted by molar-refractivity contribution is 0.467. The summed E-state index contributed by atoms with van der Waals surface area (Å²) in [5, 5.41) is 9.46. The molecule has 0 unspecified atom stereocenters. The fourth-order valence-electron chi connectivity index (χ4n) is 1.34. The SMILES string of the molecule is CCC=CCCCc1[c]cccc1O. The van der Waals surface area contributed by atoms with Crippen molar-refractivity contribution >= 4 is 0 Å². The number of allylic oxidation sites excluding steroid dienone is 2. The molecule has 0 aliphatic rings. The highest BCUT2D eigenvalue weighted by Gasteiger charge is 1.97. The molecule has 75 valence electrons. The van der Waals surface area contributed by atoms with Gasteiger partial charge in [0.2, 0.25) is 0 Å². The molecule has 0 heterocycles. The Kier molecular flexibility index (Phi) is 4.84. The van der Waals surface area contributed by atoms with Crippen molar-refractivity contribution in [1.29, 1.82) is 0 Å². The van der Waals surface area contributed by atoms with Gasteiger partial charge in [0.1, 0.15) is 5.75 Å². The second kappa shape index (κ2) is 6.25. The zero-order chi connectivity index (χ0) is 10.2. The number of aromatic hydroxyl groups is 1. The molecular weight excluding hydrogens is 172 g/mol. The van der Waals surface area contributed by atoms with Gasteiger partial charge in [-0.25, -0.2) is 0 Å². The van der Waals surface area contributed by atoms with Crippen molar-refractivity contribution in [3.05, 3.63) is 42.0 Å². The smallest absolute Gasteiger partial charge is 0.119 e. The summed E-state index contributed by atoms with van der Waals surface area (Å²) in [5.74, 6) is 0.368. The van der Waals surface area contributed by atoms with Crippen molar-refractivity contribution in [3.8, 4) is 5.75 Å². The Bertz CT molecular complexity index is 289. The first kappa shape index (κ1) is 10.8. The summed E-state index contributed by atoms with van der Waals surface area (Å²) in [7, 11) is 0. The van der Waals surface area contributed by atoms with Gasteiger partial charge < -0.3 is 5.11 Å². The number of rotatable bonds is 5. The van der Waals surface area contributed by atoms with E-state index in [1.807, 2.05) is 6.07 Å². The number of hydrogen-bond donors (Lipinski definition) is 1. The lowest BCUT2D eigenvalue weighted by atomic mass is 10.1. The summed E-state index contributed by atoms with van der Waals surface area (Å²) in [6, 6.07) is 8.42. The average Bonchev–Trinajstić information content (AvgIpc) is 2.20. The van der Waals surface area contributed by atoms with Gasteiger partial charge >= 0.3 is 0 Å². The highest BCUT2D eigenvalue weighted by Crippen LogP contribution is 2.17. The largest absolute Gasteiger partial charge is 0.508 e. The van der Waals surface area contributed by atoms with Gasteiger partial charge in [-0.15, -0.1) is 0 Å². The van der Waals surface area contributed by atoms with Crippen LogP contribution >= 0.6 is 0 Å². The molecule has 0 aromatic heterocycles. The maximum Gasteiger partial charge on any atom is 0.119 e. The Morgan fingerprint density at radius 1 is 1.43 bits per heavy atom. The molecule has 1 radical (unpaired) electrons. The van der Waals surface area contributed by atoms with Crippen LogP contribution in [-0.2, 0) is 6.42 Å². The molecule has 1 heteroatoms. The van der Waals surface area contributed by atoms with Crippen LogP contribution in [0.1, 0.15) is 31.7 Å². The first-order valence-corrected chi connectivity index (χ1v) is 5.18. The number of unbranched alkanes of at least 4 members (excludes halogenated alkanes) is 1. The second-order valence-corrected chi connectivity index (χ2v) is 3.31. The van der Waals surface area contributed by atoms with Crippen LogP contribution in [0.2, 0.25) is 0 Å². The third kappa shape index (κ3) is 3.65. The van der Waals surface area contributed by atoms with Crippen molar-refractivity contribution in [2.75, 3.05) is 0 Å². The molecule has 0 aliphatic heterocycles. The van der Waals surface area contributed by atoms with Gasteiger partial charge in [-0.3, -0.25) is 0 Å². The van der Waals surface area contributed by atoms with E-state index in [0.717, 1.165) is 31.2 Å². The molecule has 1 N–H and O–H groups in total. The van der Waals surface area contributed by atoms with Crippen LogP contribution in [0.3, 0.4) is 0 Å². The van der Waals surface area contributed by atoms with Gasteiger partial charge in [0.05, 0.1) is 0 Å². The Morgan fingerprint density at radius 2 is 2.29 bits per heavy atom. The average molecular weight is 189 g/mol. The molecule has 0 aliphatic carbocycles. The lowest BCUT2D eigenvalue weighted by Crippen LogP contribution is -1.85. The monoisotopic (exact) mass is 189 g/mol. The van der Waals surface area contributed by atoms with Crippen LogP contribution in [0.4, 0.5) is 0 Å². The summed E-state index contributed by atoms with van der Waals surface area (Å²) in [5.41, 5.74) is 0.928. The Hall–Kier alpha value is -1.24. The number of benzene rings is 1. The summed E-state index contributed by atoms with van der Waals surface area (Å²) >= 11 is 0. The van der Waals surface area contributed by atoms with Crippen molar-refractivity contribution in [3.63, 3.8) is 0 Å². The predicted octanol–water partition coefficient (Wildman–Crippen LogP) is 3.48. The van der Waals surface area contributed by atoms with E-state index in [-0.39, 0.29) is 0 Å². The Labute approximate surface area is 86.1 Å². The van der Waals surface area contributed by atoms with Crippen LogP contribution in [0.5, 0.6) is 5.75 Å². The zero-order valence-corrected chi connectivity index (χ0v) is 8.66. The zero-order valence-electron chi connectivity index (χ0n) is 8.66. The molecule has 1 nitrogen and oxygen atoms in total. The molecular formula is C13H17O. The number of aryl methyl sites for hydroxylation is 1. The fraction of sp³-hybridized carbons (Fsp3) is 0.385. The van der Waals surface area contributed by atoms with E-state index in [2.05, 4.69) is 25.1 Å². The van der Waals surface area contributed by atoms with Gasteiger partial charge in [0, 0.05) is 5.56 Å². The van der Waals surface area contributed by atoms with Gasteiger partial charge in [0.25, 0.3) is 0 Å². The third-order valence-corrected chi connectivity index (χ3v) is 2.12. The second-order valence-electron chi connectivity index (χ2n) is 3.31. The normalized spacial score (nSPS) is 10.9. The summed E-state index contributed by atoms with van der Waals surface area (Å²) in [6.07, 6.45) is 8.53. The number of phenols is 1. The standard InChI is InChI=1S/C13H17O/c1-2-3-4-5-6-9-12-10-7-8-11-13(12)14/h3-4,7-8,11,14H,2,5-6,9H2,1H3. The van der Waals surface area contributed by atoms with E-state index in [4.69, 9.17) is 0 Å². The quantitative estimate of drug-likeness (QED) is 0.555. The van der Waals surface area contributed by atoms with Gasteiger partial charge in [-0.05, 0) is 37.8 Å². The van der Waals surface area contributed by atoms with E-state index < -0.39 is 0 Å². The van der Waals surface area contributed by atoms with Crippen LogP contribution in [0.25, 0.3) is 0 Å². The van der Waals surface area contributed by atoms with Crippen LogP contribution in [-0.4, -0.2) is 5.11 Å². The van der Waals surface area contributed by atoms with Crippen molar-refractivity contribution in [2.45, 2.75) is 32.6 Å². The third-order valence-electron chi connectivity index (χ3n) is 2.12. The van der Waals surface area contributed by atoms with Crippen LogP contribution in [0, 0.1) is 6.07 Å². The Morgan fingerprint density at radius 3 is 3.00 bits per heavy atom. The highest BCUT2D eigenvalue weighted by molar-refractivity contribution is 5.30. The Balaban J connectivity index is 2.31. The summed E-state index contributed by atoms with van der Waals surface area (Å²) in [6.45, 7) is 2.13. The van der Waals surface area contributed by atoms with Gasteiger partial charge in [-0.1, -0.05) is 31.2 Å². The predicted molar refractivity (Wildman–Crippen MR) is 59.3 cm³/mol. The fourth-order valence-corrected chi connectivity index (χ4v) is 1.34. The molecule has 0 bridgehead atoms. The minimum Gasteiger partial charge on any atom is -0.508 e. The van der Waals surface area contributed by atoms with Crippen LogP contribution < -0.4 is 0 Å². The van der Waals surface area contributed by atoms with E-state index in [1.165, 1.54) is 0 Å². The van der Waals surface area contributed by atoms with Crippen molar-refractivity contribution in [1.82, 2.24) is 0 Å². The minimum atomic E-state index is 0.368. The molecule has 0 atom stereocenters. The van der Waals surface area contributed by atoms with E-state index in [0.29, 0.717) is 5.75 Å². The highest BCUT2D eigenvalue weighted by atomic mass is 16.3. The van der Waals surface area contributed by atoms with E-state index >= 15 is 0 Å². The summed E-state index contributed by atoms with van der Waals surface area (Å²) < 4.78 is 0. The molecule has 1 aromatic rings. The molecule has 1 rings (SSSR count). The van der Waals surface area contributed by atoms with E-state index in [1.54, 1.807) is 12.1 Å². The lowest BCUT2D eigenvalue weighted by Gasteiger charge is -2.01. The molecule has 0 saturated carbocycles. The molecule has 1 aromatic carbocycles. The maximum atomic E-state index is 9.46. The number of hydrogen-bond acceptors (Lipinski definition) is 1. The molecule has 0 fully saturated rings. The van der Waals surface area contributed by atoms with Gasteiger partial charge in [0.15, 0.2) is 0 Å². The van der Waals surface area contributed by atoms with E-state index in [9.17, 15) is 5.11 Å². The van der Waals surface area contributed by atoms with Crippen molar-refractivity contribution < 1.29 is 5.11 Å². The minimum absolute atomic E-state index is 0.368. The summed E-state index contributed by atoms with van der Waals surface area (Å²) in [4.78, 5) is 0. The van der Waals surface area contributed by atoms with Crippen molar-refractivity contribution in [2.24, 2.45) is 0 Å². The topological polar surface area (TPSA) is 20.2 Å². The molecule has 0 amide bonds. The van der Waals surface area contributed by atoms with Gasteiger partial charge in [-0.2, -0.15) is 0 Å². The molecule has 0 saturated heterocycles. The number of phenolic OH excluding ortho intramolecular Hbond substituents is 1. The maximum absolute atomic E-state index is 9.46. The molecule has 0 spiro atoms. The molecule has 14 heavy (non-hydrogen) atoms.